The van der Waals surface area contributed by atoms with Gasteiger partial charge in [0, 0.05) is 18.4 Å². The van der Waals surface area contributed by atoms with Crippen molar-refractivity contribution in [2.45, 2.75) is 167 Å². The normalized spacial score (nSPS) is 24.3. The predicted molar refractivity (Wildman–Crippen MR) is 194 cm³/mol. The molecule has 5 rings (SSSR count). The van der Waals surface area contributed by atoms with Crippen molar-refractivity contribution in [1.29, 1.82) is 0 Å². The van der Waals surface area contributed by atoms with Crippen LogP contribution < -0.4 is 0 Å². The Bertz CT molecular complexity index is 1220. The van der Waals surface area contributed by atoms with Crippen molar-refractivity contribution < 1.29 is 4.79 Å². The van der Waals surface area contributed by atoms with Crippen molar-refractivity contribution in [3.8, 4) is 0 Å². The molecule has 0 N–H and O–H groups in total. The summed E-state index contributed by atoms with van der Waals surface area (Å²) in [6.07, 6.45) is 34.5. The van der Waals surface area contributed by atoms with Crippen LogP contribution in [0.25, 0.3) is 6.08 Å². The van der Waals surface area contributed by atoms with E-state index in [1.807, 2.05) is 0 Å². The second-order valence-corrected chi connectivity index (χ2v) is 15.7. The monoisotopic (exact) mass is 625 g/mol. The lowest BCUT2D eigenvalue weighted by atomic mass is 9.81. The number of aromatic nitrogens is 2. The van der Waals surface area contributed by atoms with Gasteiger partial charge in [-0.1, -0.05) is 127 Å². The van der Waals surface area contributed by atoms with Crippen LogP contribution >= 0.6 is 0 Å². The summed E-state index contributed by atoms with van der Waals surface area (Å²) < 4.78 is 0. The Morgan fingerprint density at radius 1 is 0.826 bits per heavy atom. The maximum Gasteiger partial charge on any atom is 0.132 e. The van der Waals surface area contributed by atoms with Crippen molar-refractivity contribution in [3.05, 3.63) is 64.7 Å². The molecule has 2 saturated carbocycles. The van der Waals surface area contributed by atoms with E-state index in [2.05, 4.69) is 55.2 Å². The lowest BCUT2D eigenvalue weighted by molar-refractivity contribution is -0.119. The highest BCUT2D eigenvalue weighted by molar-refractivity contribution is 5.78. The van der Waals surface area contributed by atoms with Gasteiger partial charge in [-0.3, -0.25) is 4.79 Å². The number of rotatable bonds is 13. The molecule has 252 valence electrons. The summed E-state index contributed by atoms with van der Waals surface area (Å²) in [6, 6.07) is 9.49. The van der Waals surface area contributed by atoms with Crippen LogP contribution in [0.15, 0.2) is 36.7 Å². The van der Waals surface area contributed by atoms with E-state index in [1.165, 1.54) is 112 Å². The minimum absolute atomic E-state index is 0.493. The van der Waals surface area contributed by atoms with E-state index < -0.39 is 0 Å². The molecular weight excluding hydrogens is 560 g/mol. The first kappa shape index (κ1) is 35.0. The molecule has 0 saturated heterocycles. The van der Waals surface area contributed by atoms with Crippen LogP contribution in [-0.4, -0.2) is 15.8 Å². The molecule has 0 aliphatic heterocycles. The number of hydrogen-bond donors (Lipinski definition) is 0. The first-order chi connectivity index (χ1) is 22.5. The molecule has 46 heavy (non-hydrogen) atoms. The summed E-state index contributed by atoms with van der Waals surface area (Å²) >= 11 is 0. The van der Waals surface area contributed by atoms with Crippen molar-refractivity contribution >= 4 is 11.9 Å². The van der Waals surface area contributed by atoms with Crippen LogP contribution in [0.4, 0.5) is 0 Å². The van der Waals surface area contributed by atoms with Crippen LogP contribution in [-0.2, 0) is 24.1 Å². The number of benzene rings is 1. The molecule has 1 aromatic heterocycles. The van der Waals surface area contributed by atoms with Gasteiger partial charge in [-0.15, -0.1) is 0 Å². The van der Waals surface area contributed by atoms with E-state index in [4.69, 9.17) is 4.98 Å². The molecule has 0 bridgehead atoms. The highest BCUT2D eigenvalue weighted by Crippen LogP contribution is 2.35. The highest BCUT2D eigenvalue weighted by Gasteiger charge is 2.21. The van der Waals surface area contributed by atoms with Gasteiger partial charge in [0.15, 0.2) is 0 Å². The lowest BCUT2D eigenvalue weighted by Crippen LogP contribution is -2.14. The van der Waals surface area contributed by atoms with Gasteiger partial charge in [0.2, 0.25) is 0 Å². The maximum atomic E-state index is 12.7. The third-order valence-corrected chi connectivity index (χ3v) is 11.9. The third kappa shape index (κ3) is 11.2. The SMILES string of the molecule is CC(C)C1CCCCC(c2cccc(CCCCC(=O)CCCC3CCCC(Cc4ncnc5c4C=CCC5)CCC3)c2)CCC1. The Morgan fingerprint density at radius 2 is 1.57 bits per heavy atom. The largest absolute Gasteiger partial charge is 0.300 e. The molecule has 2 atom stereocenters. The number of nitrogens with zero attached hydrogens (tertiary/aromatic N) is 2. The fraction of sp³-hybridized carbons (Fsp3) is 0.698. The standard InChI is InChI=1S/C43H64N2O/c1-33(2)37-21-4-5-22-38(24-13-23-37)39-25-11-20-35(30-39)14-3-6-26-40(46)27-12-17-34-15-9-18-36(19-10-16-34)31-43-41-28-7-8-29-42(41)44-32-45-43/h7,11,20,25,28,30,32-34,36-38H,3-6,8-10,12-19,21-24,26-27,29,31H2,1-2H3. The minimum atomic E-state index is 0.493. The molecule has 3 heteroatoms. The highest BCUT2D eigenvalue weighted by atomic mass is 16.1. The van der Waals surface area contributed by atoms with Gasteiger partial charge in [-0.25, -0.2) is 9.97 Å². The van der Waals surface area contributed by atoms with E-state index in [1.54, 1.807) is 11.9 Å². The van der Waals surface area contributed by atoms with Gasteiger partial charge >= 0.3 is 0 Å². The molecule has 1 aromatic carbocycles. The zero-order valence-corrected chi connectivity index (χ0v) is 29.5. The fourth-order valence-corrected chi connectivity index (χ4v) is 8.97. The Morgan fingerprint density at radius 3 is 2.41 bits per heavy atom. The Hall–Kier alpha value is -2.29. The molecule has 0 spiro atoms. The minimum Gasteiger partial charge on any atom is -0.300 e. The summed E-state index contributed by atoms with van der Waals surface area (Å²) in [5.41, 5.74) is 6.87. The Labute approximate surface area is 281 Å². The van der Waals surface area contributed by atoms with E-state index in [0.29, 0.717) is 5.78 Å². The number of Topliss-reactive ketones (excluding diaryl/α,β-unsaturated/α-hetero) is 1. The second kappa shape index (κ2) is 18.9. The summed E-state index contributed by atoms with van der Waals surface area (Å²) in [4.78, 5) is 22.0. The van der Waals surface area contributed by atoms with Crippen LogP contribution in [0, 0.1) is 23.7 Å². The van der Waals surface area contributed by atoms with Gasteiger partial charge in [0.1, 0.15) is 12.1 Å². The number of carbonyl (C=O) groups is 1. The number of aryl methyl sites for hydroxylation is 2. The Balaban J connectivity index is 0.945. The number of carbonyl (C=O) groups excluding carboxylic acids is 1. The average Bonchev–Trinajstić information content (AvgIpc) is 3.18. The number of allylic oxidation sites excluding steroid dienone is 1. The zero-order valence-electron chi connectivity index (χ0n) is 29.5. The van der Waals surface area contributed by atoms with Crippen LogP contribution in [0.2, 0.25) is 0 Å². The molecule has 2 aromatic rings. The number of unbranched alkanes of at least 4 members (excludes halogenated alkanes) is 1. The quantitative estimate of drug-likeness (QED) is 0.208. The summed E-state index contributed by atoms with van der Waals surface area (Å²) in [5, 5.41) is 0. The van der Waals surface area contributed by atoms with E-state index >= 15 is 0 Å². The molecule has 1 heterocycles. The number of hydrogen-bond acceptors (Lipinski definition) is 3. The molecular formula is C43H64N2O. The molecule has 3 aliphatic carbocycles. The molecule has 3 nitrogen and oxygen atoms in total. The lowest BCUT2D eigenvalue weighted by Gasteiger charge is -2.25. The molecule has 0 radical (unpaired) electrons. The van der Waals surface area contributed by atoms with Gasteiger partial charge in [-0.05, 0) is 98.5 Å². The van der Waals surface area contributed by atoms with Crippen molar-refractivity contribution in [3.63, 3.8) is 0 Å². The molecule has 2 fully saturated rings. The van der Waals surface area contributed by atoms with Gasteiger partial charge < -0.3 is 0 Å². The summed E-state index contributed by atoms with van der Waals surface area (Å²) in [5.74, 6) is 4.55. The topological polar surface area (TPSA) is 42.9 Å². The second-order valence-electron chi connectivity index (χ2n) is 15.7. The van der Waals surface area contributed by atoms with Crippen molar-refractivity contribution in [2.75, 3.05) is 0 Å². The molecule has 0 amide bonds. The predicted octanol–water partition coefficient (Wildman–Crippen LogP) is 11.8. The van der Waals surface area contributed by atoms with Gasteiger partial charge in [0.25, 0.3) is 0 Å². The van der Waals surface area contributed by atoms with Crippen molar-refractivity contribution in [1.82, 2.24) is 9.97 Å². The first-order valence-corrected chi connectivity index (χ1v) is 19.6. The van der Waals surface area contributed by atoms with E-state index in [9.17, 15) is 4.79 Å². The summed E-state index contributed by atoms with van der Waals surface area (Å²) in [7, 11) is 0. The van der Waals surface area contributed by atoms with Crippen LogP contribution in [0.3, 0.4) is 0 Å². The summed E-state index contributed by atoms with van der Waals surface area (Å²) in [6.45, 7) is 4.83. The average molecular weight is 625 g/mol. The van der Waals surface area contributed by atoms with Gasteiger partial charge in [-0.2, -0.15) is 0 Å². The van der Waals surface area contributed by atoms with Crippen LogP contribution in [0.1, 0.15) is 176 Å². The zero-order chi connectivity index (χ0) is 32.0. The Kier molecular flexibility index (Phi) is 14.4. The maximum absolute atomic E-state index is 12.7. The smallest absolute Gasteiger partial charge is 0.132 e. The molecule has 2 unspecified atom stereocenters. The van der Waals surface area contributed by atoms with E-state index in [-0.39, 0.29) is 0 Å². The third-order valence-electron chi connectivity index (χ3n) is 11.9. The van der Waals surface area contributed by atoms with Gasteiger partial charge in [0.05, 0.1) is 11.4 Å². The fourth-order valence-electron chi connectivity index (χ4n) is 8.97. The number of fused-ring (bicyclic) bond motifs is 1. The van der Waals surface area contributed by atoms with E-state index in [0.717, 1.165) is 87.4 Å². The first-order valence-electron chi connectivity index (χ1n) is 19.6. The van der Waals surface area contributed by atoms with Crippen LogP contribution in [0.5, 0.6) is 0 Å². The number of ketones is 1. The van der Waals surface area contributed by atoms with Crippen molar-refractivity contribution in [2.24, 2.45) is 23.7 Å². The molecule has 3 aliphatic rings.